The Kier molecular flexibility index (Phi) is 5.02. The standard InChI is InChI=1S/C15H22ClN3O2/c1-14(2,15(3,4)17)13(21)19-9-6-7-11(16)10(8-9)12(20)18-5/h6-8H,17H2,1-5H3,(H,18,20)(H,19,21). The lowest BCUT2D eigenvalue weighted by molar-refractivity contribution is -0.126. The molecule has 1 rings (SSSR count). The highest BCUT2D eigenvalue weighted by molar-refractivity contribution is 6.34. The number of carbonyl (C=O) groups excluding carboxylic acids is 2. The third-order valence-electron chi connectivity index (χ3n) is 3.87. The molecule has 0 unspecified atom stereocenters. The number of anilines is 1. The number of rotatable bonds is 4. The number of amides is 2. The van der Waals surface area contributed by atoms with Gasteiger partial charge in [-0.2, -0.15) is 0 Å². The highest BCUT2D eigenvalue weighted by atomic mass is 35.5. The van der Waals surface area contributed by atoms with Gasteiger partial charge in [0.25, 0.3) is 5.91 Å². The topological polar surface area (TPSA) is 84.2 Å². The molecule has 6 heteroatoms. The van der Waals surface area contributed by atoms with Gasteiger partial charge in [-0.1, -0.05) is 11.6 Å². The first-order chi connectivity index (χ1) is 9.50. The number of nitrogens with two attached hydrogens (primary N) is 1. The van der Waals surface area contributed by atoms with Crippen LogP contribution >= 0.6 is 11.6 Å². The molecule has 116 valence electrons. The second-order valence-corrected chi connectivity index (χ2v) is 6.48. The van der Waals surface area contributed by atoms with Crippen molar-refractivity contribution in [1.82, 2.24) is 5.32 Å². The van der Waals surface area contributed by atoms with E-state index in [1.807, 2.05) is 0 Å². The largest absolute Gasteiger partial charge is 0.355 e. The molecule has 0 atom stereocenters. The summed E-state index contributed by atoms with van der Waals surface area (Å²) in [6.07, 6.45) is 0. The molecule has 0 aliphatic heterocycles. The van der Waals surface area contributed by atoms with Gasteiger partial charge in [0.2, 0.25) is 5.91 Å². The van der Waals surface area contributed by atoms with E-state index in [2.05, 4.69) is 10.6 Å². The van der Waals surface area contributed by atoms with Crippen molar-refractivity contribution in [2.75, 3.05) is 12.4 Å². The lowest BCUT2D eigenvalue weighted by Crippen LogP contribution is -2.53. The fraction of sp³-hybridized carbons (Fsp3) is 0.467. The van der Waals surface area contributed by atoms with E-state index in [1.54, 1.807) is 45.9 Å². The van der Waals surface area contributed by atoms with Crippen molar-refractivity contribution < 1.29 is 9.59 Å². The van der Waals surface area contributed by atoms with Gasteiger partial charge in [-0.05, 0) is 45.9 Å². The maximum Gasteiger partial charge on any atom is 0.252 e. The average Bonchev–Trinajstić information content (AvgIpc) is 2.38. The van der Waals surface area contributed by atoms with Gasteiger partial charge in [-0.15, -0.1) is 0 Å². The summed E-state index contributed by atoms with van der Waals surface area (Å²) in [6.45, 7) is 7.14. The molecule has 0 aromatic heterocycles. The highest BCUT2D eigenvalue weighted by Gasteiger charge is 2.40. The Morgan fingerprint density at radius 2 is 1.76 bits per heavy atom. The zero-order valence-corrected chi connectivity index (χ0v) is 13.8. The summed E-state index contributed by atoms with van der Waals surface area (Å²) in [5, 5.41) is 5.60. The van der Waals surface area contributed by atoms with Crippen LogP contribution in [0, 0.1) is 5.41 Å². The highest BCUT2D eigenvalue weighted by Crippen LogP contribution is 2.30. The molecule has 4 N–H and O–H groups in total. The number of hydrogen-bond donors (Lipinski definition) is 3. The molecule has 0 radical (unpaired) electrons. The lowest BCUT2D eigenvalue weighted by atomic mass is 9.74. The first-order valence-corrected chi connectivity index (χ1v) is 7.00. The summed E-state index contributed by atoms with van der Waals surface area (Å²) in [5.74, 6) is -0.533. The summed E-state index contributed by atoms with van der Waals surface area (Å²) in [5.41, 5.74) is 5.39. The van der Waals surface area contributed by atoms with E-state index in [9.17, 15) is 9.59 Å². The monoisotopic (exact) mass is 311 g/mol. The van der Waals surface area contributed by atoms with Crippen molar-refractivity contribution >= 4 is 29.1 Å². The predicted molar refractivity (Wildman–Crippen MR) is 85.5 cm³/mol. The fourth-order valence-corrected chi connectivity index (χ4v) is 1.70. The Balaban J connectivity index is 3.05. The van der Waals surface area contributed by atoms with Gasteiger partial charge in [0.05, 0.1) is 16.0 Å². The van der Waals surface area contributed by atoms with E-state index in [-0.39, 0.29) is 11.8 Å². The molecule has 0 spiro atoms. The quantitative estimate of drug-likeness (QED) is 0.798. The molecular formula is C15H22ClN3O2. The van der Waals surface area contributed by atoms with Crippen LogP contribution in [0.2, 0.25) is 5.02 Å². The minimum atomic E-state index is -0.778. The first kappa shape index (κ1) is 17.5. The number of hydrogen-bond acceptors (Lipinski definition) is 3. The molecule has 5 nitrogen and oxygen atoms in total. The van der Waals surface area contributed by atoms with Gasteiger partial charge in [0.15, 0.2) is 0 Å². The minimum absolute atomic E-state index is 0.222. The molecular weight excluding hydrogens is 290 g/mol. The molecule has 0 fully saturated rings. The van der Waals surface area contributed by atoms with Gasteiger partial charge >= 0.3 is 0 Å². The SMILES string of the molecule is CNC(=O)c1cc(NC(=O)C(C)(C)C(C)(C)N)ccc1Cl. The van der Waals surface area contributed by atoms with Crippen molar-refractivity contribution in [3.05, 3.63) is 28.8 Å². The first-order valence-electron chi connectivity index (χ1n) is 6.62. The molecule has 0 bridgehead atoms. The Bertz CT molecular complexity index is 563. The van der Waals surface area contributed by atoms with E-state index >= 15 is 0 Å². The maximum atomic E-state index is 12.4. The molecule has 1 aromatic carbocycles. The zero-order chi connectivity index (χ0) is 16.4. The van der Waals surface area contributed by atoms with Gasteiger partial charge in [-0.3, -0.25) is 9.59 Å². The van der Waals surface area contributed by atoms with Gasteiger partial charge < -0.3 is 16.4 Å². The molecule has 0 aliphatic rings. The second kappa shape index (κ2) is 6.03. The Labute approximate surface area is 130 Å². The molecule has 0 heterocycles. The van der Waals surface area contributed by atoms with Crippen LogP contribution in [0.5, 0.6) is 0 Å². The summed E-state index contributed by atoms with van der Waals surface area (Å²) in [4.78, 5) is 24.1. The molecule has 1 aromatic rings. The van der Waals surface area contributed by atoms with Gasteiger partial charge in [0, 0.05) is 18.3 Å². The Morgan fingerprint density at radius 1 is 1.19 bits per heavy atom. The smallest absolute Gasteiger partial charge is 0.252 e. The van der Waals surface area contributed by atoms with Crippen molar-refractivity contribution in [2.45, 2.75) is 33.2 Å². The van der Waals surface area contributed by atoms with Crippen LogP contribution in [0.25, 0.3) is 0 Å². The Hall–Kier alpha value is -1.59. The summed E-state index contributed by atoms with van der Waals surface area (Å²) in [7, 11) is 1.52. The molecule has 0 saturated carbocycles. The fourth-order valence-electron chi connectivity index (χ4n) is 1.49. The van der Waals surface area contributed by atoms with E-state index in [4.69, 9.17) is 17.3 Å². The Morgan fingerprint density at radius 3 is 2.24 bits per heavy atom. The maximum absolute atomic E-state index is 12.4. The van der Waals surface area contributed by atoms with Crippen LogP contribution < -0.4 is 16.4 Å². The van der Waals surface area contributed by atoms with Crippen molar-refractivity contribution in [3.63, 3.8) is 0 Å². The van der Waals surface area contributed by atoms with Crippen LogP contribution in [0.4, 0.5) is 5.69 Å². The van der Waals surface area contributed by atoms with Gasteiger partial charge in [-0.25, -0.2) is 0 Å². The molecule has 0 saturated heterocycles. The van der Waals surface area contributed by atoms with E-state index in [1.165, 1.54) is 7.05 Å². The third kappa shape index (κ3) is 3.74. The molecule has 2 amide bonds. The van der Waals surface area contributed by atoms with Crippen molar-refractivity contribution in [2.24, 2.45) is 11.1 Å². The lowest BCUT2D eigenvalue weighted by Gasteiger charge is -2.36. The normalized spacial score (nSPS) is 12.0. The third-order valence-corrected chi connectivity index (χ3v) is 4.20. The summed E-state index contributed by atoms with van der Waals surface area (Å²) >= 11 is 5.98. The van der Waals surface area contributed by atoms with Gasteiger partial charge in [0.1, 0.15) is 0 Å². The summed E-state index contributed by atoms with van der Waals surface area (Å²) in [6, 6.07) is 4.76. The van der Waals surface area contributed by atoms with E-state index in [0.29, 0.717) is 16.3 Å². The number of halogens is 1. The second-order valence-electron chi connectivity index (χ2n) is 6.07. The average molecular weight is 312 g/mol. The molecule has 0 aliphatic carbocycles. The zero-order valence-electron chi connectivity index (χ0n) is 13.0. The van der Waals surface area contributed by atoms with Crippen LogP contribution in [-0.4, -0.2) is 24.4 Å². The molecule has 21 heavy (non-hydrogen) atoms. The summed E-state index contributed by atoms with van der Waals surface area (Å²) < 4.78 is 0. The number of nitrogens with one attached hydrogen (secondary N) is 2. The van der Waals surface area contributed by atoms with Crippen LogP contribution in [-0.2, 0) is 4.79 Å². The van der Waals surface area contributed by atoms with Crippen LogP contribution in [0.3, 0.4) is 0 Å². The van der Waals surface area contributed by atoms with Crippen LogP contribution in [0.15, 0.2) is 18.2 Å². The number of carbonyl (C=O) groups is 2. The predicted octanol–water partition coefficient (Wildman–Crippen LogP) is 2.40. The van der Waals surface area contributed by atoms with Crippen molar-refractivity contribution in [1.29, 1.82) is 0 Å². The van der Waals surface area contributed by atoms with E-state index < -0.39 is 11.0 Å². The van der Waals surface area contributed by atoms with Crippen LogP contribution in [0.1, 0.15) is 38.1 Å². The van der Waals surface area contributed by atoms with Crippen molar-refractivity contribution in [3.8, 4) is 0 Å². The minimum Gasteiger partial charge on any atom is -0.355 e. The van der Waals surface area contributed by atoms with E-state index in [0.717, 1.165) is 0 Å². The number of benzene rings is 1.